The minimum atomic E-state index is -2.54. The van der Waals surface area contributed by atoms with Crippen molar-refractivity contribution in [3.63, 3.8) is 0 Å². The molecule has 0 radical (unpaired) electrons. The third-order valence-corrected chi connectivity index (χ3v) is 14.1. The van der Waals surface area contributed by atoms with E-state index < -0.39 is 7.14 Å². The van der Waals surface area contributed by atoms with Gasteiger partial charge in [-0.1, -0.05) is 29.8 Å². The summed E-state index contributed by atoms with van der Waals surface area (Å²) in [6.45, 7) is 13.4. The molecule has 1 atom stereocenters. The van der Waals surface area contributed by atoms with Crippen LogP contribution in [0, 0.1) is 0 Å². The van der Waals surface area contributed by atoms with Crippen LogP contribution in [0.5, 0.6) is 5.75 Å². The van der Waals surface area contributed by atoms with Crippen molar-refractivity contribution in [2.24, 2.45) is 0 Å². The largest absolute Gasteiger partial charge is 0.494 e. The molecule has 60 heavy (non-hydrogen) atoms. The molecule has 318 valence electrons. The van der Waals surface area contributed by atoms with Gasteiger partial charge in [-0.05, 0) is 93.1 Å². The number of piperazine rings is 1. The number of rotatable bonds is 14. The molecule has 0 saturated carbocycles. The third kappa shape index (κ3) is 9.90. The van der Waals surface area contributed by atoms with Crippen LogP contribution in [-0.4, -0.2) is 121 Å². The fourth-order valence-corrected chi connectivity index (χ4v) is 10.2. The quantitative estimate of drug-likeness (QED) is 0.0661. The Kier molecular flexibility index (Phi) is 12.9. The normalized spacial score (nSPS) is 19.5. The second kappa shape index (κ2) is 18.5. The molecule has 4 aromatic rings. The van der Waals surface area contributed by atoms with E-state index in [1.165, 1.54) is 11.1 Å². The van der Waals surface area contributed by atoms with Gasteiger partial charge in [0.25, 0.3) is 0 Å². The van der Waals surface area contributed by atoms with Gasteiger partial charge < -0.3 is 35.1 Å². The first kappa shape index (κ1) is 42.0. The molecule has 3 aromatic carbocycles. The number of aromatic nitrogens is 2. The lowest BCUT2D eigenvalue weighted by molar-refractivity contribution is -0.137. The minimum Gasteiger partial charge on any atom is -0.494 e. The SMILES string of the molecule is COc1cc(N2CCC(N3CCN(CCCNc4ccc5c(c4)CN(C4CCC(=O)NC4=O)C5)CC3)CC2)ccc1Nc1ncc(Cl)c(Nc2ccccc2P(C)(C)=O)n1. The zero-order valence-electron chi connectivity index (χ0n) is 34.8. The van der Waals surface area contributed by atoms with E-state index in [4.69, 9.17) is 16.3 Å². The number of hydrogen-bond donors (Lipinski definition) is 4. The van der Waals surface area contributed by atoms with E-state index in [1.54, 1.807) is 26.6 Å². The van der Waals surface area contributed by atoms with Crippen molar-refractivity contribution in [1.29, 1.82) is 0 Å². The van der Waals surface area contributed by atoms with Crippen molar-refractivity contribution >= 4 is 70.4 Å². The Balaban J connectivity index is 0.764. The fourth-order valence-electron chi connectivity index (χ4n) is 8.95. The molecule has 1 unspecified atom stereocenters. The van der Waals surface area contributed by atoms with Gasteiger partial charge in [-0.3, -0.25) is 24.7 Å². The van der Waals surface area contributed by atoms with E-state index in [0.717, 1.165) is 107 Å². The van der Waals surface area contributed by atoms with E-state index in [0.29, 0.717) is 47.1 Å². The van der Waals surface area contributed by atoms with Crippen molar-refractivity contribution in [3.05, 3.63) is 83.0 Å². The topological polar surface area (TPSA) is 147 Å². The summed E-state index contributed by atoms with van der Waals surface area (Å²) in [6.07, 6.45) is 5.88. The number of carbonyl (C=O) groups excluding carboxylic acids is 2. The summed E-state index contributed by atoms with van der Waals surface area (Å²) in [4.78, 5) is 42.9. The predicted octanol–water partition coefficient (Wildman–Crippen LogP) is 6.08. The van der Waals surface area contributed by atoms with Gasteiger partial charge in [0.1, 0.15) is 17.9 Å². The van der Waals surface area contributed by atoms with Gasteiger partial charge in [0.2, 0.25) is 17.8 Å². The average molecular weight is 855 g/mol. The Morgan fingerprint density at radius 1 is 0.883 bits per heavy atom. The Hall–Kier alpha value is -4.72. The van der Waals surface area contributed by atoms with Gasteiger partial charge in [-0.25, -0.2) is 4.98 Å². The van der Waals surface area contributed by atoms with Gasteiger partial charge in [0, 0.05) is 94.1 Å². The summed E-state index contributed by atoms with van der Waals surface area (Å²) in [6, 6.07) is 20.6. The van der Waals surface area contributed by atoms with E-state index in [-0.39, 0.29) is 17.9 Å². The molecule has 3 fully saturated rings. The Bertz CT molecular complexity index is 2240. The van der Waals surface area contributed by atoms with Crippen LogP contribution in [0.2, 0.25) is 5.02 Å². The first-order chi connectivity index (χ1) is 29.0. The van der Waals surface area contributed by atoms with E-state index >= 15 is 0 Å². The summed E-state index contributed by atoms with van der Waals surface area (Å²) in [5, 5.41) is 13.8. The number of benzene rings is 3. The average Bonchev–Trinajstić information content (AvgIpc) is 3.67. The standard InChI is InChI=1S/C44H56ClN10O4P/c1-59-39-26-34(11-12-36(39)49-44-47-27-35(45)42(51-44)48-37-7-4-5-8-40(37)60(2,3)58)53-19-15-33(16-20-53)54-23-21-52(22-24-54)18-6-17-46-32-10-9-30-28-55(29-31(30)25-32)38-13-14-41(56)50-43(38)57/h4-5,7-12,25-27,33,38,46H,6,13-24,28-29H2,1-3H3,(H,50,56,57)(H2,47,48,49,51). The molecular formula is C44H56ClN10O4P. The molecule has 16 heteroatoms. The van der Waals surface area contributed by atoms with Gasteiger partial charge >= 0.3 is 0 Å². The molecule has 2 amide bonds. The Labute approximate surface area is 357 Å². The number of piperidine rings is 2. The summed E-state index contributed by atoms with van der Waals surface area (Å²) in [7, 11) is -0.868. The van der Waals surface area contributed by atoms with Gasteiger partial charge in [-0.15, -0.1) is 0 Å². The number of hydrogen-bond acceptors (Lipinski definition) is 13. The third-order valence-electron chi connectivity index (χ3n) is 12.3. The monoisotopic (exact) mass is 854 g/mol. The molecule has 8 rings (SSSR count). The molecule has 4 aliphatic heterocycles. The number of fused-ring (bicyclic) bond motifs is 1. The highest BCUT2D eigenvalue weighted by molar-refractivity contribution is 7.70. The number of anilines is 6. The Morgan fingerprint density at radius 2 is 1.67 bits per heavy atom. The second-order valence-electron chi connectivity index (χ2n) is 16.6. The maximum absolute atomic E-state index is 12.9. The fraction of sp³-hybridized carbons (Fsp3) is 0.455. The van der Waals surface area contributed by atoms with E-state index in [9.17, 15) is 14.2 Å². The van der Waals surface area contributed by atoms with Crippen molar-refractivity contribution in [1.82, 2.24) is 30.0 Å². The summed E-state index contributed by atoms with van der Waals surface area (Å²) in [5.74, 6) is 1.14. The molecular weight excluding hydrogens is 799 g/mol. The highest BCUT2D eigenvalue weighted by atomic mass is 35.5. The number of carbonyl (C=O) groups is 2. The van der Waals surface area contributed by atoms with Crippen molar-refractivity contribution < 1.29 is 18.9 Å². The number of imide groups is 1. The summed E-state index contributed by atoms with van der Waals surface area (Å²) < 4.78 is 18.7. The van der Waals surface area contributed by atoms with Crippen molar-refractivity contribution in [3.8, 4) is 5.75 Å². The molecule has 4 N–H and O–H groups in total. The number of halogens is 1. The maximum Gasteiger partial charge on any atom is 0.243 e. The molecule has 0 spiro atoms. The predicted molar refractivity (Wildman–Crippen MR) is 240 cm³/mol. The van der Waals surface area contributed by atoms with Crippen LogP contribution in [0.1, 0.15) is 43.2 Å². The lowest BCUT2D eigenvalue weighted by Crippen LogP contribution is -2.53. The smallest absolute Gasteiger partial charge is 0.243 e. The molecule has 0 aliphatic carbocycles. The molecule has 14 nitrogen and oxygen atoms in total. The molecule has 1 aromatic heterocycles. The molecule has 3 saturated heterocycles. The highest BCUT2D eigenvalue weighted by Crippen LogP contribution is 2.39. The molecule has 5 heterocycles. The van der Waals surface area contributed by atoms with Crippen LogP contribution in [-0.2, 0) is 27.2 Å². The van der Waals surface area contributed by atoms with Crippen LogP contribution in [0.15, 0.2) is 66.9 Å². The number of ether oxygens (including phenoxy) is 1. The molecule has 4 aliphatic rings. The van der Waals surface area contributed by atoms with Gasteiger partial charge in [0.15, 0.2) is 5.82 Å². The first-order valence-corrected chi connectivity index (χ1v) is 24.0. The number of para-hydroxylation sites is 1. The van der Waals surface area contributed by atoms with Crippen LogP contribution in [0.4, 0.5) is 34.5 Å². The molecule has 0 bridgehead atoms. The minimum absolute atomic E-state index is 0.165. The number of nitrogens with zero attached hydrogens (tertiary/aromatic N) is 6. The zero-order valence-corrected chi connectivity index (χ0v) is 36.4. The summed E-state index contributed by atoms with van der Waals surface area (Å²) >= 11 is 6.49. The first-order valence-electron chi connectivity index (χ1n) is 21.0. The number of amides is 2. The van der Waals surface area contributed by atoms with Crippen molar-refractivity contribution in [2.75, 3.05) is 93.6 Å². The lowest BCUT2D eigenvalue weighted by Gasteiger charge is -2.43. The van der Waals surface area contributed by atoms with Gasteiger partial charge in [0.05, 0.1) is 30.7 Å². The zero-order chi connectivity index (χ0) is 41.8. The number of methoxy groups -OCH3 is 1. The number of nitrogens with one attached hydrogen (secondary N) is 4. The van der Waals surface area contributed by atoms with E-state index in [1.807, 2.05) is 30.3 Å². The second-order valence-corrected chi connectivity index (χ2v) is 20.2. The Morgan fingerprint density at radius 3 is 2.43 bits per heavy atom. The van der Waals surface area contributed by atoms with Crippen LogP contribution >= 0.6 is 18.7 Å². The van der Waals surface area contributed by atoms with Crippen LogP contribution in [0.3, 0.4) is 0 Å². The maximum atomic E-state index is 12.9. The van der Waals surface area contributed by atoms with Crippen molar-refractivity contribution in [2.45, 2.75) is 57.3 Å². The van der Waals surface area contributed by atoms with Gasteiger partial charge in [-0.2, -0.15) is 4.98 Å². The van der Waals surface area contributed by atoms with Crippen LogP contribution < -0.4 is 36.2 Å². The summed E-state index contributed by atoms with van der Waals surface area (Å²) in [5.41, 5.74) is 6.22. The highest BCUT2D eigenvalue weighted by Gasteiger charge is 2.35. The van der Waals surface area contributed by atoms with Crippen LogP contribution in [0.25, 0.3) is 0 Å². The lowest BCUT2D eigenvalue weighted by atomic mass is 10.0. The van der Waals surface area contributed by atoms with E-state index in [2.05, 4.69) is 81.2 Å².